The summed E-state index contributed by atoms with van der Waals surface area (Å²) >= 11 is 0. The van der Waals surface area contributed by atoms with Crippen LogP contribution in [0.4, 0.5) is 14.6 Å². The molecule has 0 aliphatic rings. The first-order valence-corrected chi connectivity index (χ1v) is 6.10. The number of benzene rings is 1. The molecule has 0 radical (unpaired) electrons. The van der Waals surface area contributed by atoms with Crippen LogP contribution in [0.25, 0.3) is 11.5 Å². The average Bonchev–Trinajstić information content (AvgIpc) is 2.91. The summed E-state index contributed by atoms with van der Waals surface area (Å²) in [6.07, 6.45) is 1.63. The van der Waals surface area contributed by atoms with Crippen LogP contribution in [-0.4, -0.2) is 15.1 Å². The maximum atomic E-state index is 13.6. The van der Waals surface area contributed by atoms with E-state index in [1.807, 2.05) is 0 Å². The summed E-state index contributed by atoms with van der Waals surface area (Å²) in [6.45, 7) is 0. The molecule has 3 rings (SSSR count). The first kappa shape index (κ1) is 13.2. The molecule has 0 fully saturated rings. The zero-order chi connectivity index (χ0) is 14.8. The smallest absolute Gasteiger partial charge is 0.258 e. The Morgan fingerprint density at radius 2 is 2.00 bits per heavy atom. The minimum atomic E-state index is -0.644. The molecule has 2 aromatic heterocycles. The molecule has 7 heteroatoms. The number of anilines is 1. The standard InChI is InChI=1S/C14H10F2N4O/c15-10-2-1-8(11(16)7-10)6-13-19-14(21-20-13)9-3-4-18-12(17)5-9/h1-5,7H,6H2,(H2,17,18). The molecule has 106 valence electrons. The lowest BCUT2D eigenvalue weighted by atomic mass is 10.1. The summed E-state index contributed by atoms with van der Waals surface area (Å²) in [6, 6.07) is 6.62. The van der Waals surface area contributed by atoms with E-state index in [1.165, 1.54) is 18.3 Å². The van der Waals surface area contributed by atoms with Crippen molar-refractivity contribution in [2.45, 2.75) is 6.42 Å². The van der Waals surface area contributed by atoms with Gasteiger partial charge in [0.25, 0.3) is 5.89 Å². The Balaban J connectivity index is 1.85. The van der Waals surface area contributed by atoms with Crippen LogP contribution in [0.3, 0.4) is 0 Å². The monoisotopic (exact) mass is 288 g/mol. The highest BCUT2D eigenvalue weighted by Crippen LogP contribution is 2.19. The molecule has 0 unspecified atom stereocenters. The van der Waals surface area contributed by atoms with E-state index in [9.17, 15) is 8.78 Å². The Morgan fingerprint density at radius 3 is 2.76 bits per heavy atom. The fourth-order valence-corrected chi connectivity index (χ4v) is 1.86. The minimum absolute atomic E-state index is 0.107. The second kappa shape index (κ2) is 5.28. The zero-order valence-electron chi connectivity index (χ0n) is 10.8. The van der Waals surface area contributed by atoms with Gasteiger partial charge >= 0.3 is 0 Å². The summed E-state index contributed by atoms with van der Waals surface area (Å²) < 4.78 is 31.5. The summed E-state index contributed by atoms with van der Waals surface area (Å²) in [7, 11) is 0. The van der Waals surface area contributed by atoms with E-state index in [-0.39, 0.29) is 17.9 Å². The van der Waals surface area contributed by atoms with Gasteiger partial charge in [-0.05, 0) is 23.8 Å². The minimum Gasteiger partial charge on any atom is -0.384 e. The Bertz CT molecular complexity index is 788. The third kappa shape index (κ3) is 2.86. The highest BCUT2D eigenvalue weighted by molar-refractivity contribution is 5.56. The maximum absolute atomic E-state index is 13.6. The molecule has 0 atom stereocenters. The van der Waals surface area contributed by atoms with Crippen LogP contribution in [0.2, 0.25) is 0 Å². The number of pyridine rings is 1. The Labute approximate surface area is 118 Å². The maximum Gasteiger partial charge on any atom is 0.258 e. The predicted molar refractivity (Wildman–Crippen MR) is 71.1 cm³/mol. The predicted octanol–water partition coefficient (Wildman–Crippen LogP) is 2.58. The molecular formula is C14H10F2N4O. The van der Waals surface area contributed by atoms with Gasteiger partial charge in [0, 0.05) is 24.2 Å². The van der Waals surface area contributed by atoms with Crippen LogP contribution >= 0.6 is 0 Å². The first-order valence-electron chi connectivity index (χ1n) is 6.10. The van der Waals surface area contributed by atoms with Crippen molar-refractivity contribution in [3.63, 3.8) is 0 Å². The molecule has 2 N–H and O–H groups in total. The molecule has 5 nitrogen and oxygen atoms in total. The van der Waals surface area contributed by atoms with Crippen molar-refractivity contribution in [1.82, 2.24) is 15.1 Å². The van der Waals surface area contributed by atoms with Crippen molar-refractivity contribution >= 4 is 5.82 Å². The third-order valence-corrected chi connectivity index (χ3v) is 2.86. The van der Waals surface area contributed by atoms with Gasteiger partial charge in [-0.15, -0.1) is 0 Å². The molecule has 0 spiro atoms. The molecule has 2 heterocycles. The Kier molecular flexibility index (Phi) is 3.31. The molecular weight excluding hydrogens is 278 g/mol. The lowest BCUT2D eigenvalue weighted by molar-refractivity contribution is 0.423. The van der Waals surface area contributed by atoms with Crippen molar-refractivity contribution in [3.8, 4) is 11.5 Å². The fraction of sp³-hybridized carbons (Fsp3) is 0.0714. The van der Waals surface area contributed by atoms with E-state index in [0.717, 1.165) is 6.07 Å². The summed E-state index contributed by atoms with van der Waals surface area (Å²) in [5.74, 6) is -0.379. The van der Waals surface area contributed by atoms with Crippen molar-refractivity contribution in [3.05, 3.63) is 59.6 Å². The Hall–Kier alpha value is -2.83. The highest BCUT2D eigenvalue weighted by atomic mass is 19.1. The van der Waals surface area contributed by atoms with E-state index in [2.05, 4.69) is 15.1 Å². The van der Waals surface area contributed by atoms with Gasteiger partial charge in [0.15, 0.2) is 5.82 Å². The van der Waals surface area contributed by atoms with E-state index in [0.29, 0.717) is 17.2 Å². The van der Waals surface area contributed by atoms with Crippen LogP contribution in [0.15, 0.2) is 41.1 Å². The molecule has 3 aromatic rings. The van der Waals surface area contributed by atoms with Crippen LogP contribution < -0.4 is 5.73 Å². The SMILES string of the molecule is Nc1cc(-c2nc(Cc3ccc(F)cc3F)no2)ccn1. The number of rotatable bonds is 3. The van der Waals surface area contributed by atoms with Gasteiger partial charge in [-0.3, -0.25) is 0 Å². The number of hydrogen-bond donors (Lipinski definition) is 1. The third-order valence-electron chi connectivity index (χ3n) is 2.86. The molecule has 1 aromatic carbocycles. The van der Waals surface area contributed by atoms with Crippen LogP contribution in [0.5, 0.6) is 0 Å². The number of aromatic nitrogens is 3. The van der Waals surface area contributed by atoms with Gasteiger partial charge in [-0.25, -0.2) is 13.8 Å². The molecule has 0 saturated heterocycles. The second-order valence-corrected chi connectivity index (χ2v) is 4.40. The van der Waals surface area contributed by atoms with Gasteiger partial charge < -0.3 is 10.3 Å². The van der Waals surface area contributed by atoms with Gasteiger partial charge in [-0.2, -0.15) is 4.98 Å². The largest absolute Gasteiger partial charge is 0.384 e. The molecule has 0 aliphatic heterocycles. The van der Waals surface area contributed by atoms with Crippen LogP contribution in [0.1, 0.15) is 11.4 Å². The topological polar surface area (TPSA) is 77.8 Å². The fourth-order valence-electron chi connectivity index (χ4n) is 1.86. The molecule has 0 amide bonds. The molecule has 21 heavy (non-hydrogen) atoms. The van der Waals surface area contributed by atoms with Crippen LogP contribution in [-0.2, 0) is 6.42 Å². The van der Waals surface area contributed by atoms with E-state index >= 15 is 0 Å². The lowest BCUT2D eigenvalue weighted by Gasteiger charge is -1.99. The van der Waals surface area contributed by atoms with Crippen LogP contribution in [0, 0.1) is 11.6 Å². The summed E-state index contributed by atoms with van der Waals surface area (Å²) in [5.41, 5.74) is 6.49. The van der Waals surface area contributed by atoms with Crippen molar-refractivity contribution in [2.24, 2.45) is 0 Å². The molecule has 0 bridgehead atoms. The van der Waals surface area contributed by atoms with Gasteiger partial charge in [0.2, 0.25) is 0 Å². The second-order valence-electron chi connectivity index (χ2n) is 4.40. The number of halogens is 2. The number of nitrogens with zero attached hydrogens (tertiary/aromatic N) is 3. The van der Waals surface area contributed by atoms with Gasteiger partial charge in [0.1, 0.15) is 17.5 Å². The van der Waals surface area contributed by atoms with Crippen molar-refractivity contribution < 1.29 is 13.3 Å². The first-order chi connectivity index (χ1) is 10.1. The number of nitrogens with two attached hydrogens (primary N) is 1. The van der Waals surface area contributed by atoms with Crippen molar-refractivity contribution in [1.29, 1.82) is 0 Å². The Morgan fingerprint density at radius 1 is 1.14 bits per heavy atom. The number of nitrogen functional groups attached to an aromatic ring is 1. The normalized spacial score (nSPS) is 10.8. The van der Waals surface area contributed by atoms with E-state index in [4.69, 9.17) is 10.3 Å². The lowest BCUT2D eigenvalue weighted by Crippen LogP contribution is -1.95. The molecule has 0 aliphatic carbocycles. The molecule has 0 saturated carbocycles. The van der Waals surface area contributed by atoms with Gasteiger partial charge in [0.05, 0.1) is 0 Å². The summed E-state index contributed by atoms with van der Waals surface area (Å²) in [5, 5.41) is 3.77. The van der Waals surface area contributed by atoms with Crippen molar-refractivity contribution in [2.75, 3.05) is 5.73 Å². The highest BCUT2D eigenvalue weighted by Gasteiger charge is 2.12. The van der Waals surface area contributed by atoms with Gasteiger partial charge in [-0.1, -0.05) is 11.2 Å². The average molecular weight is 288 g/mol. The quantitative estimate of drug-likeness (QED) is 0.801. The van der Waals surface area contributed by atoms with E-state index in [1.54, 1.807) is 12.1 Å². The number of hydrogen-bond acceptors (Lipinski definition) is 5. The summed E-state index contributed by atoms with van der Waals surface area (Å²) in [4.78, 5) is 8.02. The van der Waals surface area contributed by atoms with E-state index < -0.39 is 11.6 Å². The zero-order valence-corrected chi connectivity index (χ0v) is 10.8.